The number of nitrogens with one attached hydrogen (secondary N) is 1. The molecule has 3 heterocycles. The van der Waals surface area contributed by atoms with E-state index in [9.17, 15) is 0 Å². The van der Waals surface area contributed by atoms with Crippen LogP contribution in [-0.4, -0.2) is 72.2 Å². The van der Waals surface area contributed by atoms with Crippen LogP contribution >= 0.6 is 15.9 Å². The minimum absolute atomic E-state index is 0.401. The molecule has 158 valence electrons. The molecule has 1 N–H and O–H groups in total. The maximum Gasteiger partial charge on any atom is 0.250 e. The molecule has 0 bridgehead atoms. The Morgan fingerprint density at radius 1 is 0.900 bits per heavy atom. The number of hydrogen-bond donors (Lipinski definition) is 1. The summed E-state index contributed by atoms with van der Waals surface area (Å²) in [7, 11) is 0. The topological polar surface area (TPSA) is 88.0 Å². The Balaban J connectivity index is 1.52. The number of ether oxygens (including phenoxy) is 2. The first kappa shape index (κ1) is 20.7. The quantitative estimate of drug-likeness (QED) is 0.505. The molecule has 0 radical (unpaired) electrons. The molecule has 0 saturated carbocycles. The van der Waals surface area contributed by atoms with Crippen molar-refractivity contribution >= 4 is 44.5 Å². The number of allylic oxidation sites excluding steroid dienone is 1. The van der Waals surface area contributed by atoms with Gasteiger partial charge in [-0.2, -0.15) is 20.1 Å². The van der Waals surface area contributed by atoms with Crippen LogP contribution in [0.4, 0.5) is 17.8 Å². The van der Waals surface area contributed by atoms with E-state index in [4.69, 9.17) is 9.47 Å². The number of anilines is 3. The number of aromatic nitrogens is 3. The summed E-state index contributed by atoms with van der Waals surface area (Å²) in [4.78, 5) is 18.0. The molecule has 2 aromatic rings. The van der Waals surface area contributed by atoms with E-state index in [1.807, 2.05) is 42.5 Å². The minimum atomic E-state index is 0.401. The molecule has 0 spiro atoms. The SMILES string of the molecule is BrC(/C=C/c1ccccc1)=NNc1nc(N2CCOCC2)nc(N2CCOCC2)n1. The Labute approximate surface area is 183 Å². The third-order valence-electron chi connectivity index (χ3n) is 4.68. The summed E-state index contributed by atoms with van der Waals surface area (Å²) in [5.74, 6) is 1.66. The largest absolute Gasteiger partial charge is 0.378 e. The molecule has 4 rings (SSSR count). The highest BCUT2D eigenvalue weighted by Crippen LogP contribution is 2.19. The molecule has 10 heteroatoms. The average Bonchev–Trinajstić information content (AvgIpc) is 2.83. The molecule has 9 nitrogen and oxygen atoms in total. The van der Waals surface area contributed by atoms with Crippen LogP contribution in [0.15, 0.2) is 41.5 Å². The Bertz CT molecular complexity index is 846. The van der Waals surface area contributed by atoms with Crippen LogP contribution in [-0.2, 0) is 9.47 Å². The molecule has 0 atom stereocenters. The summed E-state index contributed by atoms with van der Waals surface area (Å²) < 4.78 is 11.5. The second kappa shape index (κ2) is 10.5. The van der Waals surface area contributed by atoms with Crippen LogP contribution in [0.2, 0.25) is 0 Å². The van der Waals surface area contributed by atoms with Crippen molar-refractivity contribution in [1.82, 2.24) is 15.0 Å². The first-order valence-corrected chi connectivity index (χ1v) is 10.7. The standard InChI is InChI=1S/C20H24BrN7O2/c21-17(7-6-16-4-2-1-3-5-16)25-26-18-22-19(27-8-12-29-13-9-27)24-20(23-18)28-10-14-30-15-11-28/h1-7H,8-15H2,(H,22,23,24,26)/b7-6+,25-17?. The lowest BCUT2D eigenvalue weighted by Crippen LogP contribution is -2.40. The van der Waals surface area contributed by atoms with Gasteiger partial charge >= 0.3 is 0 Å². The van der Waals surface area contributed by atoms with Crippen LogP contribution in [0.25, 0.3) is 6.08 Å². The molecule has 30 heavy (non-hydrogen) atoms. The van der Waals surface area contributed by atoms with Gasteiger partial charge < -0.3 is 19.3 Å². The van der Waals surface area contributed by atoms with E-state index in [0.29, 0.717) is 48.9 Å². The monoisotopic (exact) mass is 473 g/mol. The van der Waals surface area contributed by atoms with Gasteiger partial charge in [0.25, 0.3) is 0 Å². The molecule has 2 fully saturated rings. The maximum absolute atomic E-state index is 5.45. The molecule has 0 unspecified atom stereocenters. The number of halogens is 1. The van der Waals surface area contributed by atoms with Crippen molar-refractivity contribution in [3.8, 4) is 0 Å². The van der Waals surface area contributed by atoms with Gasteiger partial charge in [0.05, 0.1) is 26.4 Å². The molecule has 0 aliphatic carbocycles. The lowest BCUT2D eigenvalue weighted by atomic mass is 10.2. The Kier molecular flexibility index (Phi) is 7.22. The Morgan fingerprint density at radius 2 is 1.47 bits per heavy atom. The second-order valence-electron chi connectivity index (χ2n) is 6.75. The fourth-order valence-electron chi connectivity index (χ4n) is 3.08. The zero-order valence-electron chi connectivity index (χ0n) is 16.6. The first-order chi connectivity index (χ1) is 14.8. The van der Waals surface area contributed by atoms with Gasteiger partial charge in [-0.1, -0.05) is 36.4 Å². The molecule has 2 aliphatic heterocycles. The van der Waals surface area contributed by atoms with Crippen molar-refractivity contribution < 1.29 is 9.47 Å². The zero-order chi connectivity index (χ0) is 20.6. The van der Waals surface area contributed by atoms with Crippen molar-refractivity contribution in [3.63, 3.8) is 0 Å². The van der Waals surface area contributed by atoms with Gasteiger partial charge in [-0.25, -0.2) is 5.43 Å². The maximum atomic E-state index is 5.45. The highest BCUT2D eigenvalue weighted by molar-refractivity contribution is 9.18. The summed E-state index contributed by atoms with van der Waals surface area (Å²) in [6, 6.07) is 10.0. The molecule has 1 aromatic carbocycles. The molecular formula is C20H24BrN7O2. The minimum Gasteiger partial charge on any atom is -0.378 e. The predicted molar refractivity (Wildman–Crippen MR) is 121 cm³/mol. The first-order valence-electron chi connectivity index (χ1n) is 9.92. The van der Waals surface area contributed by atoms with Crippen molar-refractivity contribution in [2.75, 3.05) is 67.8 Å². The highest BCUT2D eigenvalue weighted by atomic mass is 79.9. The Morgan fingerprint density at radius 3 is 2.03 bits per heavy atom. The van der Waals surface area contributed by atoms with Crippen molar-refractivity contribution in [2.24, 2.45) is 5.10 Å². The van der Waals surface area contributed by atoms with E-state index in [-0.39, 0.29) is 0 Å². The number of morpholine rings is 2. The molecule has 1 aromatic heterocycles. The second-order valence-corrected chi connectivity index (χ2v) is 7.56. The van der Waals surface area contributed by atoms with E-state index in [1.165, 1.54) is 0 Å². The number of nitrogens with zero attached hydrogens (tertiary/aromatic N) is 6. The summed E-state index contributed by atoms with van der Waals surface area (Å²) in [6.07, 6.45) is 3.84. The van der Waals surface area contributed by atoms with Gasteiger partial charge in [0.2, 0.25) is 17.8 Å². The number of hydrogen-bond acceptors (Lipinski definition) is 9. The summed E-state index contributed by atoms with van der Waals surface area (Å²) >= 11 is 3.46. The van der Waals surface area contributed by atoms with Gasteiger partial charge in [0, 0.05) is 26.2 Å². The van der Waals surface area contributed by atoms with Gasteiger partial charge in [-0.15, -0.1) is 0 Å². The summed E-state index contributed by atoms with van der Waals surface area (Å²) in [6.45, 7) is 5.64. The molecule has 0 amide bonds. The van der Waals surface area contributed by atoms with Crippen molar-refractivity contribution in [3.05, 3.63) is 42.0 Å². The number of benzene rings is 1. The number of rotatable bonds is 6. The van der Waals surface area contributed by atoms with Gasteiger partial charge in [-0.3, -0.25) is 0 Å². The molecule has 2 saturated heterocycles. The van der Waals surface area contributed by atoms with E-state index in [2.05, 4.69) is 51.2 Å². The van der Waals surface area contributed by atoms with Gasteiger partial charge in [-0.05, 0) is 27.6 Å². The fraction of sp³-hybridized carbons (Fsp3) is 0.400. The highest BCUT2D eigenvalue weighted by Gasteiger charge is 2.20. The summed E-state index contributed by atoms with van der Waals surface area (Å²) in [5, 5.41) is 4.34. The van der Waals surface area contributed by atoms with E-state index in [0.717, 1.165) is 31.7 Å². The average molecular weight is 474 g/mol. The smallest absolute Gasteiger partial charge is 0.250 e. The van der Waals surface area contributed by atoms with Gasteiger partial charge in [0.15, 0.2) is 0 Å². The van der Waals surface area contributed by atoms with Crippen molar-refractivity contribution in [1.29, 1.82) is 0 Å². The van der Waals surface area contributed by atoms with Crippen LogP contribution in [0.1, 0.15) is 5.56 Å². The third-order valence-corrected chi connectivity index (χ3v) is 5.12. The van der Waals surface area contributed by atoms with Crippen LogP contribution in [0.5, 0.6) is 0 Å². The predicted octanol–water partition coefficient (Wildman–Crippen LogP) is 2.38. The zero-order valence-corrected chi connectivity index (χ0v) is 18.2. The van der Waals surface area contributed by atoms with E-state index in [1.54, 1.807) is 0 Å². The van der Waals surface area contributed by atoms with Crippen LogP contribution in [0, 0.1) is 0 Å². The fourth-order valence-corrected chi connectivity index (χ4v) is 3.30. The molecular weight excluding hydrogens is 450 g/mol. The molecule has 2 aliphatic rings. The van der Waals surface area contributed by atoms with E-state index >= 15 is 0 Å². The third kappa shape index (κ3) is 5.74. The number of hydrazone groups is 1. The lowest BCUT2D eigenvalue weighted by Gasteiger charge is -2.30. The Hall–Kier alpha value is -2.56. The lowest BCUT2D eigenvalue weighted by molar-refractivity contribution is 0.121. The van der Waals surface area contributed by atoms with Crippen LogP contribution < -0.4 is 15.2 Å². The van der Waals surface area contributed by atoms with Crippen molar-refractivity contribution in [2.45, 2.75) is 0 Å². The normalized spacial score (nSPS) is 18.1. The van der Waals surface area contributed by atoms with E-state index < -0.39 is 0 Å². The summed E-state index contributed by atoms with van der Waals surface area (Å²) in [5.41, 5.74) is 4.04. The van der Waals surface area contributed by atoms with Crippen LogP contribution in [0.3, 0.4) is 0 Å². The van der Waals surface area contributed by atoms with Gasteiger partial charge in [0.1, 0.15) is 4.62 Å².